The molecular formula is C23H34ClN4O4+. The number of carbonyl (C=O) groups excluding carboxylic acids is 2. The van der Waals surface area contributed by atoms with Gasteiger partial charge in [0.15, 0.2) is 6.04 Å². The predicted molar refractivity (Wildman–Crippen MR) is 121 cm³/mol. The molecule has 0 bridgehead atoms. The number of aliphatic carboxylic acids is 1. The van der Waals surface area contributed by atoms with E-state index in [0.717, 1.165) is 43.2 Å². The van der Waals surface area contributed by atoms with Crippen molar-refractivity contribution in [3.05, 3.63) is 34.3 Å². The van der Waals surface area contributed by atoms with E-state index < -0.39 is 24.0 Å². The Morgan fingerprint density at radius 3 is 2.47 bits per heavy atom. The third-order valence-corrected chi connectivity index (χ3v) is 7.33. The van der Waals surface area contributed by atoms with Gasteiger partial charge in [0, 0.05) is 30.0 Å². The van der Waals surface area contributed by atoms with E-state index in [9.17, 15) is 19.5 Å². The van der Waals surface area contributed by atoms with Gasteiger partial charge in [-0.15, -0.1) is 0 Å². The first kappa shape index (κ1) is 24.6. The lowest BCUT2D eigenvalue weighted by Crippen LogP contribution is -2.66. The minimum Gasteiger partial charge on any atom is -0.480 e. The Balaban J connectivity index is 2.03. The largest absolute Gasteiger partial charge is 0.480 e. The minimum absolute atomic E-state index is 0.0352. The quantitative estimate of drug-likeness (QED) is 0.411. The molecule has 1 unspecified atom stereocenters. The average molecular weight is 466 g/mol. The molecule has 1 aliphatic carbocycles. The summed E-state index contributed by atoms with van der Waals surface area (Å²) in [6.45, 7) is 0.711. The maximum atomic E-state index is 14.2. The molecule has 1 aromatic rings. The van der Waals surface area contributed by atoms with Crippen LogP contribution < -0.4 is 16.8 Å². The van der Waals surface area contributed by atoms with E-state index in [4.69, 9.17) is 23.1 Å². The Kier molecular flexibility index (Phi) is 8.27. The molecule has 0 aromatic heterocycles. The van der Waals surface area contributed by atoms with E-state index in [1.165, 1.54) is 0 Å². The first-order valence-electron chi connectivity index (χ1n) is 11.4. The lowest BCUT2D eigenvalue weighted by Gasteiger charge is -2.41. The van der Waals surface area contributed by atoms with Gasteiger partial charge in [0.25, 0.3) is 5.91 Å². The topological polar surface area (TPSA) is 136 Å². The highest BCUT2D eigenvalue weighted by molar-refractivity contribution is 6.30. The van der Waals surface area contributed by atoms with Crippen LogP contribution in [0.1, 0.15) is 56.1 Å². The smallest absolute Gasteiger partial charge is 0.331 e. The number of carboxylic acids is 1. The zero-order valence-corrected chi connectivity index (χ0v) is 19.2. The molecular weight excluding hydrogens is 432 g/mol. The number of halogens is 1. The first-order chi connectivity index (χ1) is 15.3. The van der Waals surface area contributed by atoms with E-state index in [0.29, 0.717) is 24.4 Å². The molecule has 0 spiro atoms. The van der Waals surface area contributed by atoms with E-state index in [1.54, 1.807) is 12.1 Å². The Labute approximate surface area is 193 Å². The SMILES string of the molecule is NCc1ccc(Cl)cc1C[N+]1(C(=O)[C@H](NCC(=O)O)C2CCCCC2)CCC[C@H]1C(N)=O. The van der Waals surface area contributed by atoms with Gasteiger partial charge in [-0.25, -0.2) is 9.28 Å². The number of likely N-dealkylation sites (tertiary alicyclic amines) is 1. The van der Waals surface area contributed by atoms with E-state index in [2.05, 4.69) is 5.32 Å². The van der Waals surface area contributed by atoms with Crippen molar-refractivity contribution in [2.45, 2.75) is 70.1 Å². The summed E-state index contributed by atoms with van der Waals surface area (Å²) in [5.41, 5.74) is 13.4. The van der Waals surface area contributed by atoms with E-state index in [-0.39, 0.29) is 35.9 Å². The number of nitrogens with zero attached hydrogens (tertiary/aromatic N) is 1. The van der Waals surface area contributed by atoms with Crippen LogP contribution in [0.2, 0.25) is 5.02 Å². The fourth-order valence-electron chi connectivity index (χ4n) is 5.53. The summed E-state index contributed by atoms with van der Waals surface area (Å²) in [4.78, 5) is 38.0. The number of nitrogens with two attached hydrogens (primary N) is 2. The molecule has 32 heavy (non-hydrogen) atoms. The molecule has 1 heterocycles. The van der Waals surface area contributed by atoms with Gasteiger partial charge in [-0.05, 0) is 36.5 Å². The standard InChI is InChI=1S/C23H33ClN4O4/c24-18-9-8-16(12-25)17(11-18)14-28(10-4-7-19(28)22(26)31)23(32)21(27-13-20(29)30)15-5-2-1-3-6-15/h8-9,11,15,19,21,27H,1-7,10,12-14,25H2,(H2-,26,29,30,31)/p+1/t19-,21+,28?/m0/s1. The Bertz CT molecular complexity index is 858. The summed E-state index contributed by atoms with van der Waals surface area (Å²) in [5.74, 6) is -1.64. The fourth-order valence-corrected chi connectivity index (χ4v) is 5.72. The van der Waals surface area contributed by atoms with Crippen LogP contribution in [0.4, 0.5) is 0 Å². The number of benzene rings is 1. The van der Waals surface area contributed by atoms with Crippen molar-refractivity contribution in [3.63, 3.8) is 0 Å². The second-order valence-corrected chi connectivity index (χ2v) is 9.52. The molecule has 1 aromatic carbocycles. The maximum Gasteiger partial charge on any atom is 0.331 e. The van der Waals surface area contributed by atoms with Crippen LogP contribution in [-0.4, -0.2) is 52.5 Å². The number of quaternary nitrogens is 1. The highest BCUT2D eigenvalue weighted by atomic mass is 35.5. The van der Waals surface area contributed by atoms with Crippen LogP contribution in [-0.2, 0) is 27.5 Å². The number of nitrogens with one attached hydrogen (secondary N) is 1. The molecule has 1 aliphatic heterocycles. The molecule has 176 valence electrons. The molecule has 9 heteroatoms. The van der Waals surface area contributed by atoms with Crippen LogP contribution in [0, 0.1) is 5.92 Å². The lowest BCUT2D eigenvalue weighted by atomic mass is 9.82. The number of amides is 2. The fraction of sp³-hybridized carbons (Fsp3) is 0.609. The Hall–Kier alpha value is -2.00. The third-order valence-electron chi connectivity index (χ3n) is 7.10. The molecule has 8 nitrogen and oxygen atoms in total. The Morgan fingerprint density at radius 2 is 1.84 bits per heavy atom. The number of carbonyl (C=O) groups is 3. The molecule has 2 amide bonds. The highest BCUT2D eigenvalue weighted by Crippen LogP contribution is 2.36. The molecule has 6 N–H and O–H groups in total. The van der Waals surface area contributed by atoms with Crippen LogP contribution in [0.5, 0.6) is 0 Å². The summed E-state index contributed by atoms with van der Waals surface area (Å²) in [5, 5.41) is 12.8. The van der Waals surface area contributed by atoms with Crippen molar-refractivity contribution in [3.8, 4) is 0 Å². The zero-order chi connectivity index (χ0) is 23.3. The second kappa shape index (κ2) is 10.7. The molecule has 3 atom stereocenters. The molecule has 1 saturated heterocycles. The molecule has 0 radical (unpaired) electrons. The van der Waals surface area contributed by atoms with E-state index >= 15 is 0 Å². The molecule has 3 rings (SSSR count). The Morgan fingerprint density at radius 1 is 1.12 bits per heavy atom. The first-order valence-corrected chi connectivity index (χ1v) is 11.8. The average Bonchev–Trinajstić information content (AvgIpc) is 3.19. The molecule has 2 aliphatic rings. The number of rotatable bonds is 9. The van der Waals surface area contributed by atoms with Gasteiger partial charge >= 0.3 is 11.9 Å². The van der Waals surface area contributed by atoms with Gasteiger partial charge in [0.1, 0.15) is 12.6 Å². The van der Waals surface area contributed by atoms with Crippen LogP contribution in [0.3, 0.4) is 0 Å². The van der Waals surface area contributed by atoms with Crippen molar-refractivity contribution in [1.29, 1.82) is 0 Å². The predicted octanol–water partition coefficient (Wildman–Crippen LogP) is 1.91. The summed E-state index contributed by atoms with van der Waals surface area (Å²) in [6.07, 6.45) is 6.06. The van der Waals surface area contributed by atoms with Crippen molar-refractivity contribution in [2.75, 3.05) is 13.1 Å². The van der Waals surface area contributed by atoms with Gasteiger partial charge in [0.2, 0.25) is 0 Å². The van der Waals surface area contributed by atoms with Gasteiger partial charge in [-0.1, -0.05) is 36.9 Å². The second-order valence-electron chi connectivity index (χ2n) is 9.08. The summed E-state index contributed by atoms with van der Waals surface area (Å²) < 4.78 is -0.115. The van der Waals surface area contributed by atoms with Crippen LogP contribution in [0.25, 0.3) is 0 Å². The van der Waals surface area contributed by atoms with Crippen LogP contribution >= 0.6 is 11.6 Å². The van der Waals surface area contributed by atoms with Crippen molar-refractivity contribution in [2.24, 2.45) is 17.4 Å². The van der Waals surface area contributed by atoms with Gasteiger partial charge in [-0.2, -0.15) is 0 Å². The third kappa shape index (κ3) is 5.31. The van der Waals surface area contributed by atoms with Crippen LogP contribution in [0.15, 0.2) is 18.2 Å². The van der Waals surface area contributed by atoms with Crippen molar-refractivity contribution < 1.29 is 24.0 Å². The van der Waals surface area contributed by atoms with Gasteiger partial charge in [0.05, 0.1) is 13.1 Å². The number of primary amides is 1. The zero-order valence-electron chi connectivity index (χ0n) is 18.4. The number of hydrogen-bond acceptors (Lipinski definition) is 5. The normalized spacial score (nSPS) is 24.9. The monoisotopic (exact) mass is 465 g/mol. The van der Waals surface area contributed by atoms with Crippen molar-refractivity contribution in [1.82, 2.24) is 5.32 Å². The van der Waals surface area contributed by atoms with Crippen molar-refractivity contribution >= 4 is 29.4 Å². The molecule has 1 saturated carbocycles. The molecule has 2 fully saturated rings. The lowest BCUT2D eigenvalue weighted by molar-refractivity contribution is -0.871. The minimum atomic E-state index is -1.02. The van der Waals surface area contributed by atoms with Gasteiger partial charge in [-0.3, -0.25) is 14.9 Å². The number of carboxylic acid groups (broad SMARTS) is 1. The van der Waals surface area contributed by atoms with E-state index in [1.807, 2.05) is 6.07 Å². The van der Waals surface area contributed by atoms with Gasteiger partial charge < -0.3 is 16.6 Å². The maximum absolute atomic E-state index is 14.2. The summed E-state index contributed by atoms with van der Waals surface area (Å²) in [7, 11) is 0. The highest BCUT2D eigenvalue weighted by Gasteiger charge is 2.54. The number of hydrogen-bond donors (Lipinski definition) is 4. The summed E-state index contributed by atoms with van der Waals surface area (Å²) >= 11 is 6.25. The summed E-state index contributed by atoms with van der Waals surface area (Å²) in [6, 6.07) is 4.09.